The molecule has 0 atom stereocenters. The molecule has 13 heteroatoms. The van der Waals surface area contributed by atoms with Crippen molar-refractivity contribution in [1.82, 2.24) is 25.9 Å². The number of carboxylic acid groups (broad SMARTS) is 1. The minimum atomic E-state index is -1.10. The molecule has 0 radical (unpaired) electrons. The van der Waals surface area contributed by atoms with Gasteiger partial charge in [0.2, 0.25) is 5.95 Å². The van der Waals surface area contributed by atoms with Gasteiger partial charge >= 0.3 is 12.1 Å². The summed E-state index contributed by atoms with van der Waals surface area (Å²) in [7, 11) is 0. The third-order valence-corrected chi connectivity index (χ3v) is 8.07. The molecule has 2 fully saturated rings. The normalized spacial score (nSPS) is 16.9. The summed E-state index contributed by atoms with van der Waals surface area (Å²) in [5, 5.41) is 17.3. The van der Waals surface area contributed by atoms with Crippen molar-refractivity contribution in [2.24, 2.45) is 5.92 Å². The Balaban J connectivity index is 1.46. The van der Waals surface area contributed by atoms with Crippen molar-refractivity contribution >= 4 is 35.5 Å². The van der Waals surface area contributed by atoms with E-state index in [9.17, 15) is 14.4 Å². The third-order valence-electron chi connectivity index (χ3n) is 8.07. The molecule has 4 N–H and O–H groups in total. The van der Waals surface area contributed by atoms with Gasteiger partial charge in [0, 0.05) is 42.4 Å². The molecule has 43 heavy (non-hydrogen) atoms. The number of benzene rings is 2. The Labute approximate surface area is 246 Å². The van der Waals surface area contributed by atoms with Crippen LogP contribution in [0.4, 0.5) is 35.8 Å². The number of para-hydroxylation sites is 1. The lowest BCUT2D eigenvalue weighted by Gasteiger charge is -2.35. The smallest absolute Gasteiger partial charge is 0.404 e. The molecule has 1 aromatic heterocycles. The summed E-state index contributed by atoms with van der Waals surface area (Å²) < 4.78 is 30.1. The van der Waals surface area contributed by atoms with Crippen LogP contribution in [0.3, 0.4) is 0 Å². The SMILES string of the molecule is Cc1ccc(C(=O)NCC2CC2)cc1-c1nc(N2CCC(NC(=O)O)CC2)nc2c1CNC(=O)N2c1c(F)cccc1F. The van der Waals surface area contributed by atoms with E-state index in [4.69, 9.17) is 10.1 Å². The standard InChI is InChI=1S/C30H31F2N7O4/c1-16-5-8-18(27(40)33-14-17-6-7-17)13-20(16)24-21-15-34-29(41)39(25-22(31)3-2-4-23(25)32)26(21)37-28(36-24)38-11-9-19(10-12-38)35-30(42)43/h2-5,8,13,17,19,35H,6-7,9-12,14-15H2,1H3,(H,33,40)(H,34,41)(H,42,43). The Morgan fingerprint density at radius 1 is 1.07 bits per heavy atom. The molecule has 11 nitrogen and oxygen atoms in total. The Bertz CT molecular complexity index is 1590. The fraction of sp³-hybridized carbons (Fsp3) is 0.367. The maximum Gasteiger partial charge on any atom is 0.404 e. The predicted octanol–water partition coefficient (Wildman–Crippen LogP) is 4.47. The van der Waals surface area contributed by atoms with Gasteiger partial charge in [0.25, 0.3) is 5.91 Å². The average Bonchev–Trinajstić information content (AvgIpc) is 3.81. The van der Waals surface area contributed by atoms with Crippen LogP contribution in [-0.4, -0.2) is 58.8 Å². The predicted molar refractivity (Wildman–Crippen MR) is 154 cm³/mol. The highest BCUT2D eigenvalue weighted by Crippen LogP contribution is 2.40. The van der Waals surface area contributed by atoms with Gasteiger partial charge in [-0.1, -0.05) is 12.1 Å². The summed E-state index contributed by atoms with van der Waals surface area (Å²) in [5.74, 6) is -1.32. The van der Waals surface area contributed by atoms with E-state index in [1.54, 1.807) is 12.1 Å². The van der Waals surface area contributed by atoms with Crippen molar-refractivity contribution in [3.05, 3.63) is 64.7 Å². The Kier molecular flexibility index (Phi) is 7.55. The number of carbonyl (C=O) groups is 3. The van der Waals surface area contributed by atoms with E-state index in [0.717, 1.165) is 35.4 Å². The number of fused-ring (bicyclic) bond motifs is 1. The van der Waals surface area contributed by atoms with Crippen LogP contribution < -0.4 is 25.8 Å². The van der Waals surface area contributed by atoms with E-state index in [1.165, 1.54) is 6.07 Å². The second kappa shape index (κ2) is 11.5. The van der Waals surface area contributed by atoms with Crippen molar-refractivity contribution in [2.75, 3.05) is 29.4 Å². The zero-order valence-electron chi connectivity index (χ0n) is 23.5. The molecule has 2 aliphatic heterocycles. The zero-order valence-corrected chi connectivity index (χ0v) is 23.5. The Morgan fingerprint density at radius 3 is 2.47 bits per heavy atom. The molecule has 1 saturated carbocycles. The topological polar surface area (TPSA) is 140 Å². The van der Waals surface area contributed by atoms with Gasteiger partial charge < -0.3 is 26.0 Å². The van der Waals surface area contributed by atoms with Crippen molar-refractivity contribution in [3.8, 4) is 11.3 Å². The molecule has 3 heterocycles. The van der Waals surface area contributed by atoms with E-state index < -0.39 is 29.4 Å². The average molecular weight is 592 g/mol. The molecule has 1 aliphatic carbocycles. The highest BCUT2D eigenvalue weighted by atomic mass is 19.1. The van der Waals surface area contributed by atoms with Crippen LogP contribution >= 0.6 is 0 Å². The second-order valence-electron chi connectivity index (χ2n) is 11.1. The molecule has 4 amide bonds. The van der Waals surface area contributed by atoms with Crippen molar-refractivity contribution in [3.63, 3.8) is 0 Å². The molecular formula is C30H31F2N7O4. The molecular weight excluding hydrogens is 560 g/mol. The first kappa shape index (κ1) is 28.3. The van der Waals surface area contributed by atoms with Crippen molar-refractivity contribution in [2.45, 2.75) is 45.2 Å². The second-order valence-corrected chi connectivity index (χ2v) is 11.1. The number of nitrogens with one attached hydrogen (secondary N) is 3. The summed E-state index contributed by atoms with van der Waals surface area (Å²) >= 11 is 0. The van der Waals surface area contributed by atoms with Crippen LogP contribution in [0.5, 0.6) is 0 Å². The number of carbonyl (C=O) groups excluding carboxylic acids is 2. The quantitative estimate of drug-likeness (QED) is 0.318. The van der Waals surface area contributed by atoms with Crippen LogP contribution in [0.2, 0.25) is 0 Å². The Morgan fingerprint density at radius 2 is 1.79 bits per heavy atom. The summed E-state index contributed by atoms with van der Waals surface area (Å²) in [6, 6.07) is 7.64. The number of aromatic nitrogens is 2. The maximum absolute atomic E-state index is 15.1. The number of hydrogen-bond donors (Lipinski definition) is 4. The number of anilines is 3. The van der Waals surface area contributed by atoms with E-state index in [-0.39, 0.29) is 30.3 Å². The molecule has 0 spiro atoms. The van der Waals surface area contributed by atoms with E-state index in [1.807, 2.05) is 17.9 Å². The number of amides is 4. The van der Waals surface area contributed by atoms with Crippen molar-refractivity contribution < 1.29 is 28.3 Å². The molecule has 1 saturated heterocycles. The number of piperidine rings is 1. The fourth-order valence-corrected chi connectivity index (χ4v) is 5.50. The first-order valence-corrected chi connectivity index (χ1v) is 14.3. The number of rotatable bonds is 7. The Hall–Kier alpha value is -4.81. The number of halogens is 2. The number of urea groups is 1. The molecule has 2 aromatic carbocycles. The fourth-order valence-electron chi connectivity index (χ4n) is 5.50. The monoisotopic (exact) mass is 591 g/mol. The zero-order chi connectivity index (χ0) is 30.2. The summed E-state index contributed by atoms with van der Waals surface area (Å²) in [6.45, 7) is 3.29. The molecule has 0 bridgehead atoms. The minimum Gasteiger partial charge on any atom is -0.465 e. The van der Waals surface area contributed by atoms with Gasteiger partial charge in [0.1, 0.15) is 17.3 Å². The molecule has 0 unspecified atom stereocenters. The van der Waals surface area contributed by atoms with Crippen molar-refractivity contribution in [1.29, 1.82) is 0 Å². The summed E-state index contributed by atoms with van der Waals surface area (Å²) in [4.78, 5) is 49.6. The number of hydrogen-bond acceptors (Lipinski definition) is 6. The van der Waals surface area contributed by atoms with Gasteiger partial charge in [-0.2, -0.15) is 4.98 Å². The third kappa shape index (κ3) is 5.79. The van der Waals surface area contributed by atoms with Crippen LogP contribution in [-0.2, 0) is 6.54 Å². The largest absolute Gasteiger partial charge is 0.465 e. The number of nitrogens with zero attached hydrogens (tertiary/aromatic N) is 4. The first-order chi connectivity index (χ1) is 20.7. The lowest BCUT2D eigenvalue weighted by molar-refractivity contribution is 0.0951. The van der Waals surface area contributed by atoms with Gasteiger partial charge in [-0.25, -0.2) is 28.3 Å². The summed E-state index contributed by atoms with van der Waals surface area (Å²) in [6.07, 6.45) is 2.08. The lowest BCUT2D eigenvalue weighted by Crippen LogP contribution is -2.46. The summed E-state index contributed by atoms with van der Waals surface area (Å²) in [5.41, 5.74) is 2.15. The van der Waals surface area contributed by atoms with Crippen LogP contribution in [0.15, 0.2) is 36.4 Å². The molecule has 6 rings (SSSR count). The van der Waals surface area contributed by atoms with E-state index in [0.29, 0.717) is 60.8 Å². The molecule has 3 aliphatic rings. The molecule has 224 valence electrons. The van der Waals surface area contributed by atoms with Gasteiger partial charge in [-0.05, 0) is 68.4 Å². The van der Waals surface area contributed by atoms with Gasteiger partial charge in [-0.15, -0.1) is 0 Å². The number of aryl methyl sites for hydroxylation is 1. The maximum atomic E-state index is 15.1. The van der Waals surface area contributed by atoms with Crippen LogP contribution in [0.1, 0.15) is 47.2 Å². The first-order valence-electron chi connectivity index (χ1n) is 14.3. The van der Waals surface area contributed by atoms with Gasteiger partial charge in [0.15, 0.2) is 5.82 Å². The van der Waals surface area contributed by atoms with Crippen LogP contribution in [0, 0.1) is 24.5 Å². The van der Waals surface area contributed by atoms with Crippen LogP contribution in [0.25, 0.3) is 11.3 Å². The highest BCUT2D eigenvalue weighted by molar-refractivity contribution is 6.02. The molecule has 3 aromatic rings. The van der Waals surface area contributed by atoms with Gasteiger partial charge in [0.05, 0.1) is 12.2 Å². The van der Waals surface area contributed by atoms with Gasteiger partial charge in [-0.3, -0.25) is 4.79 Å². The van der Waals surface area contributed by atoms with E-state index >= 15 is 8.78 Å². The lowest BCUT2D eigenvalue weighted by atomic mass is 9.97. The van der Waals surface area contributed by atoms with E-state index in [2.05, 4.69) is 20.9 Å². The minimum absolute atomic E-state index is 0.00149. The highest BCUT2D eigenvalue weighted by Gasteiger charge is 2.35.